The van der Waals surface area contributed by atoms with E-state index in [9.17, 15) is 9.59 Å². The fraction of sp³-hybridized carbons (Fsp3) is 0.733. The summed E-state index contributed by atoms with van der Waals surface area (Å²) in [6.07, 6.45) is 5.81. The van der Waals surface area contributed by atoms with Crippen molar-refractivity contribution in [1.29, 1.82) is 0 Å². The van der Waals surface area contributed by atoms with E-state index in [-0.39, 0.29) is 23.2 Å². The Morgan fingerprint density at radius 3 is 2.71 bits per heavy atom. The Morgan fingerprint density at radius 2 is 2.12 bits per heavy atom. The van der Waals surface area contributed by atoms with Gasteiger partial charge in [-0.1, -0.05) is 26.3 Å². The van der Waals surface area contributed by atoms with Crippen LogP contribution in [0.25, 0.3) is 0 Å². The quantitative estimate of drug-likeness (QED) is 0.688. The van der Waals surface area contributed by atoms with Crippen LogP contribution in [-0.4, -0.2) is 11.6 Å². The minimum Gasteiger partial charge on any atom is -0.299 e. The fourth-order valence-corrected chi connectivity index (χ4v) is 4.25. The zero-order valence-corrected chi connectivity index (χ0v) is 10.9. The van der Waals surface area contributed by atoms with Crippen LogP contribution in [0.3, 0.4) is 0 Å². The Bertz CT molecular complexity index is 358. The average Bonchev–Trinajstić information content (AvgIpc) is 2.63. The van der Waals surface area contributed by atoms with Crippen molar-refractivity contribution in [1.82, 2.24) is 0 Å². The van der Waals surface area contributed by atoms with Gasteiger partial charge in [0, 0.05) is 24.2 Å². The minimum absolute atomic E-state index is 0.0400. The van der Waals surface area contributed by atoms with Crippen molar-refractivity contribution in [2.45, 2.75) is 46.0 Å². The summed E-state index contributed by atoms with van der Waals surface area (Å²) >= 11 is 0. The van der Waals surface area contributed by atoms with E-state index in [2.05, 4.69) is 13.5 Å². The zero-order chi connectivity index (χ0) is 12.6. The molecule has 17 heavy (non-hydrogen) atoms. The van der Waals surface area contributed by atoms with E-state index in [0.29, 0.717) is 24.4 Å². The molecule has 94 valence electrons. The van der Waals surface area contributed by atoms with Gasteiger partial charge in [0.25, 0.3) is 0 Å². The SMILES string of the molecule is C=CC1CCC(=O)C12CCC(=O)C(C)C2CC. The van der Waals surface area contributed by atoms with Crippen LogP contribution in [0, 0.1) is 23.2 Å². The number of hydrogen-bond acceptors (Lipinski definition) is 2. The lowest BCUT2D eigenvalue weighted by atomic mass is 9.56. The maximum absolute atomic E-state index is 12.4. The lowest BCUT2D eigenvalue weighted by Gasteiger charge is -2.46. The number of carbonyl (C=O) groups is 2. The number of Topliss-reactive ketones (excluding diaryl/α,β-unsaturated/α-hetero) is 2. The van der Waals surface area contributed by atoms with Gasteiger partial charge in [0.1, 0.15) is 11.6 Å². The Kier molecular flexibility index (Phi) is 3.24. The second-order valence-corrected chi connectivity index (χ2v) is 5.61. The third kappa shape index (κ3) is 1.61. The van der Waals surface area contributed by atoms with E-state index in [4.69, 9.17) is 0 Å². The molecule has 0 N–H and O–H groups in total. The molecule has 2 nitrogen and oxygen atoms in total. The molecule has 0 aromatic carbocycles. The lowest BCUT2D eigenvalue weighted by molar-refractivity contribution is -0.142. The average molecular weight is 234 g/mol. The zero-order valence-electron chi connectivity index (χ0n) is 10.9. The first kappa shape index (κ1) is 12.5. The molecule has 0 aromatic rings. The molecule has 2 aliphatic rings. The monoisotopic (exact) mass is 234 g/mol. The van der Waals surface area contributed by atoms with Crippen LogP contribution >= 0.6 is 0 Å². The normalized spacial score (nSPS) is 42.1. The second kappa shape index (κ2) is 4.40. The van der Waals surface area contributed by atoms with Crippen LogP contribution < -0.4 is 0 Å². The third-order valence-electron chi connectivity index (χ3n) is 5.15. The van der Waals surface area contributed by atoms with Gasteiger partial charge in [0.15, 0.2) is 0 Å². The van der Waals surface area contributed by atoms with Crippen LogP contribution in [0.5, 0.6) is 0 Å². The first-order valence-corrected chi connectivity index (χ1v) is 6.76. The van der Waals surface area contributed by atoms with E-state index in [1.54, 1.807) is 0 Å². The van der Waals surface area contributed by atoms with E-state index in [1.165, 1.54) is 0 Å². The second-order valence-electron chi connectivity index (χ2n) is 5.61. The Labute approximate surface area is 103 Å². The first-order chi connectivity index (χ1) is 8.07. The number of hydrogen-bond donors (Lipinski definition) is 0. The largest absolute Gasteiger partial charge is 0.299 e. The summed E-state index contributed by atoms with van der Waals surface area (Å²) in [5, 5.41) is 0. The molecule has 0 heterocycles. The van der Waals surface area contributed by atoms with E-state index >= 15 is 0 Å². The van der Waals surface area contributed by atoms with Gasteiger partial charge in [-0.05, 0) is 24.7 Å². The highest BCUT2D eigenvalue weighted by atomic mass is 16.1. The molecule has 2 fully saturated rings. The van der Waals surface area contributed by atoms with Crippen LogP contribution in [0.2, 0.25) is 0 Å². The smallest absolute Gasteiger partial charge is 0.139 e. The number of rotatable bonds is 2. The van der Waals surface area contributed by atoms with Crippen LogP contribution in [0.1, 0.15) is 46.0 Å². The molecular weight excluding hydrogens is 212 g/mol. The van der Waals surface area contributed by atoms with Crippen molar-refractivity contribution in [2.75, 3.05) is 0 Å². The minimum atomic E-state index is -0.260. The molecule has 2 rings (SSSR count). The molecule has 0 radical (unpaired) electrons. The van der Waals surface area contributed by atoms with Gasteiger partial charge >= 0.3 is 0 Å². The number of ketones is 2. The van der Waals surface area contributed by atoms with Gasteiger partial charge in [0.05, 0.1) is 0 Å². The molecule has 1 spiro atoms. The van der Waals surface area contributed by atoms with E-state index < -0.39 is 0 Å². The van der Waals surface area contributed by atoms with Crippen molar-refractivity contribution < 1.29 is 9.59 Å². The summed E-state index contributed by atoms with van der Waals surface area (Å²) in [5.74, 6) is 1.27. The standard InChI is InChI=1S/C15H22O2/c1-4-11-6-7-14(17)15(11)9-8-13(16)10(3)12(15)5-2/h4,10-12H,1,5-9H2,2-3H3. The summed E-state index contributed by atoms with van der Waals surface area (Å²) < 4.78 is 0. The summed E-state index contributed by atoms with van der Waals surface area (Å²) in [6.45, 7) is 8.01. The maximum Gasteiger partial charge on any atom is 0.139 e. The highest BCUT2D eigenvalue weighted by Crippen LogP contribution is 2.56. The Balaban J connectivity index is 2.42. The first-order valence-electron chi connectivity index (χ1n) is 6.76. The molecule has 4 atom stereocenters. The van der Waals surface area contributed by atoms with E-state index in [1.807, 2.05) is 13.0 Å². The molecule has 2 heteroatoms. The predicted octanol–water partition coefficient (Wildman–Crippen LogP) is 3.16. The van der Waals surface area contributed by atoms with Crippen molar-refractivity contribution in [3.63, 3.8) is 0 Å². The molecule has 0 aromatic heterocycles. The fourth-order valence-electron chi connectivity index (χ4n) is 4.25. The summed E-state index contributed by atoms with van der Waals surface area (Å²) in [7, 11) is 0. The highest BCUT2D eigenvalue weighted by Gasteiger charge is 2.56. The van der Waals surface area contributed by atoms with Gasteiger partial charge < -0.3 is 0 Å². The molecule has 2 aliphatic carbocycles. The molecule has 4 unspecified atom stereocenters. The van der Waals surface area contributed by atoms with Crippen molar-refractivity contribution in [2.24, 2.45) is 23.2 Å². The predicted molar refractivity (Wildman–Crippen MR) is 67.5 cm³/mol. The topological polar surface area (TPSA) is 34.1 Å². The molecule has 2 saturated carbocycles. The van der Waals surface area contributed by atoms with Crippen molar-refractivity contribution in [3.8, 4) is 0 Å². The molecule has 0 bridgehead atoms. The van der Waals surface area contributed by atoms with Crippen LogP contribution in [0.15, 0.2) is 12.7 Å². The molecule has 0 saturated heterocycles. The lowest BCUT2D eigenvalue weighted by Crippen LogP contribution is -2.48. The van der Waals surface area contributed by atoms with Gasteiger partial charge in [-0.15, -0.1) is 6.58 Å². The summed E-state index contributed by atoms with van der Waals surface area (Å²) in [6, 6.07) is 0. The maximum atomic E-state index is 12.4. The van der Waals surface area contributed by atoms with Crippen molar-refractivity contribution in [3.05, 3.63) is 12.7 Å². The van der Waals surface area contributed by atoms with Crippen molar-refractivity contribution >= 4 is 11.6 Å². The molecule has 0 aliphatic heterocycles. The number of carbonyl (C=O) groups excluding carboxylic acids is 2. The van der Waals surface area contributed by atoms with Gasteiger partial charge in [-0.25, -0.2) is 0 Å². The van der Waals surface area contributed by atoms with E-state index in [0.717, 1.165) is 19.3 Å². The number of allylic oxidation sites excluding steroid dienone is 1. The van der Waals surface area contributed by atoms with Crippen LogP contribution in [0.4, 0.5) is 0 Å². The van der Waals surface area contributed by atoms with Gasteiger partial charge in [-0.2, -0.15) is 0 Å². The summed E-state index contributed by atoms with van der Waals surface area (Å²) in [5.41, 5.74) is -0.260. The summed E-state index contributed by atoms with van der Waals surface area (Å²) in [4.78, 5) is 24.3. The van der Waals surface area contributed by atoms with Gasteiger partial charge in [0.2, 0.25) is 0 Å². The molecular formula is C15H22O2. The Hall–Kier alpha value is -0.920. The van der Waals surface area contributed by atoms with Gasteiger partial charge in [-0.3, -0.25) is 9.59 Å². The third-order valence-corrected chi connectivity index (χ3v) is 5.15. The highest BCUT2D eigenvalue weighted by molar-refractivity contribution is 5.92. The Morgan fingerprint density at radius 1 is 1.41 bits per heavy atom. The molecule has 0 amide bonds. The van der Waals surface area contributed by atoms with Crippen LogP contribution in [-0.2, 0) is 9.59 Å².